The molecular weight excluding hydrogens is 316 g/mol. The summed E-state index contributed by atoms with van der Waals surface area (Å²) in [5.74, 6) is 2.23. The van der Waals surface area contributed by atoms with Crippen LogP contribution in [0, 0.1) is 11.8 Å². The Bertz CT molecular complexity index is 657. The van der Waals surface area contributed by atoms with Gasteiger partial charge in [0.05, 0.1) is 13.5 Å². The van der Waals surface area contributed by atoms with E-state index in [1.54, 1.807) is 7.11 Å². The number of hydrogen-bond donors (Lipinski definition) is 0. The van der Waals surface area contributed by atoms with E-state index in [4.69, 9.17) is 4.74 Å². The minimum Gasteiger partial charge on any atom is -0.497 e. The van der Waals surface area contributed by atoms with Crippen molar-refractivity contribution in [3.63, 3.8) is 0 Å². The third-order valence-electron chi connectivity index (χ3n) is 6.05. The van der Waals surface area contributed by atoms with Crippen LogP contribution in [0.1, 0.15) is 31.2 Å². The van der Waals surface area contributed by atoms with E-state index >= 15 is 0 Å². The molecule has 0 aromatic heterocycles. The summed E-state index contributed by atoms with van der Waals surface area (Å²) in [5.41, 5.74) is 1.02. The van der Waals surface area contributed by atoms with Crippen molar-refractivity contribution in [1.82, 2.24) is 9.80 Å². The maximum atomic E-state index is 12.8. The Morgan fingerprint density at radius 3 is 2.76 bits per heavy atom. The monoisotopic (exact) mass is 342 g/mol. The lowest BCUT2D eigenvalue weighted by Gasteiger charge is -2.52. The number of likely N-dealkylation sites (tertiary alicyclic amines) is 1. The van der Waals surface area contributed by atoms with Crippen LogP contribution in [0.5, 0.6) is 5.75 Å². The van der Waals surface area contributed by atoms with Gasteiger partial charge >= 0.3 is 0 Å². The third-order valence-corrected chi connectivity index (χ3v) is 6.05. The van der Waals surface area contributed by atoms with Crippen LogP contribution >= 0.6 is 0 Å². The second-order valence-corrected chi connectivity index (χ2v) is 7.69. The van der Waals surface area contributed by atoms with Gasteiger partial charge in [0.25, 0.3) is 0 Å². The van der Waals surface area contributed by atoms with Crippen LogP contribution in [0.3, 0.4) is 0 Å². The van der Waals surface area contributed by atoms with Crippen molar-refractivity contribution >= 4 is 11.8 Å². The highest BCUT2D eigenvalue weighted by atomic mass is 16.5. The summed E-state index contributed by atoms with van der Waals surface area (Å²) in [4.78, 5) is 29.2. The molecule has 134 valence electrons. The summed E-state index contributed by atoms with van der Waals surface area (Å²) in [7, 11) is 1.64. The molecular formula is C20H26N2O3. The first-order valence-electron chi connectivity index (χ1n) is 9.34. The normalized spacial score (nSPS) is 28.5. The summed E-state index contributed by atoms with van der Waals surface area (Å²) in [6.45, 7) is 2.44. The smallest absolute Gasteiger partial charge is 0.227 e. The van der Waals surface area contributed by atoms with Crippen molar-refractivity contribution in [2.75, 3.05) is 26.7 Å². The topological polar surface area (TPSA) is 49.9 Å². The van der Waals surface area contributed by atoms with Gasteiger partial charge in [0.15, 0.2) is 0 Å². The largest absolute Gasteiger partial charge is 0.497 e. The fraction of sp³-hybridized carbons (Fsp3) is 0.600. The van der Waals surface area contributed by atoms with Crippen molar-refractivity contribution in [3.8, 4) is 5.75 Å². The molecule has 0 N–H and O–H groups in total. The molecule has 2 bridgehead atoms. The quantitative estimate of drug-likeness (QED) is 0.845. The van der Waals surface area contributed by atoms with Crippen LogP contribution in [0.15, 0.2) is 24.3 Å². The van der Waals surface area contributed by atoms with E-state index in [1.165, 1.54) is 6.42 Å². The van der Waals surface area contributed by atoms with Gasteiger partial charge in [-0.15, -0.1) is 0 Å². The highest BCUT2D eigenvalue weighted by molar-refractivity contribution is 5.79. The minimum atomic E-state index is 0.204. The summed E-state index contributed by atoms with van der Waals surface area (Å²) in [6, 6.07) is 8.08. The molecule has 3 aliphatic heterocycles. The number of rotatable bonds is 3. The maximum absolute atomic E-state index is 12.8. The molecule has 3 saturated heterocycles. The van der Waals surface area contributed by atoms with E-state index in [2.05, 4.69) is 4.90 Å². The molecule has 3 heterocycles. The zero-order valence-corrected chi connectivity index (χ0v) is 14.8. The zero-order chi connectivity index (χ0) is 17.4. The second kappa shape index (κ2) is 6.70. The average Bonchev–Trinajstić information content (AvgIpc) is 2.63. The summed E-state index contributed by atoms with van der Waals surface area (Å²) >= 11 is 0. The van der Waals surface area contributed by atoms with E-state index in [0.29, 0.717) is 36.6 Å². The molecule has 2 amide bonds. The maximum Gasteiger partial charge on any atom is 0.227 e. The van der Waals surface area contributed by atoms with Gasteiger partial charge in [-0.05, 0) is 48.8 Å². The Balaban J connectivity index is 1.42. The number of nitrogens with zero attached hydrogens (tertiary/aromatic N) is 2. The number of carbonyl (C=O) groups is 2. The average molecular weight is 342 g/mol. The Labute approximate surface area is 148 Å². The molecule has 0 saturated carbocycles. The Kier molecular flexibility index (Phi) is 4.40. The molecule has 3 aliphatic rings. The number of piperidine rings is 3. The van der Waals surface area contributed by atoms with E-state index in [0.717, 1.165) is 43.8 Å². The molecule has 5 nitrogen and oxygen atoms in total. The van der Waals surface area contributed by atoms with Crippen molar-refractivity contribution < 1.29 is 14.3 Å². The number of benzene rings is 1. The molecule has 0 aliphatic carbocycles. The van der Waals surface area contributed by atoms with Gasteiger partial charge in [-0.25, -0.2) is 0 Å². The van der Waals surface area contributed by atoms with E-state index in [-0.39, 0.29) is 5.91 Å². The molecule has 3 fully saturated rings. The van der Waals surface area contributed by atoms with Crippen LogP contribution in [-0.4, -0.2) is 54.4 Å². The van der Waals surface area contributed by atoms with Gasteiger partial charge < -0.3 is 14.5 Å². The number of amides is 2. The van der Waals surface area contributed by atoms with Gasteiger partial charge in [-0.2, -0.15) is 0 Å². The van der Waals surface area contributed by atoms with Gasteiger partial charge in [0, 0.05) is 32.1 Å². The van der Waals surface area contributed by atoms with Gasteiger partial charge in [0.2, 0.25) is 11.8 Å². The van der Waals surface area contributed by atoms with Gasteiger partial charge in [-0.1, -0.05) is 12.1 Å². The predicted octanol–water partition coefficient (Wildman–Crippen LogP) is 2.10. The van der Waals surface area contributed by atoms with Crippen molar-refractivity contribution in [2.45, 2.75) is 38.1 Å². The van der Waals surface area contributed by atoms with E-state index in [1.807, 2.05) is 29.2 Å². The first-order chi connectivity index (χ1) is 12.1. The molecule has 4 rings (SSSR count). The van der Waals surface area contributed by atoms with Crippen LogP contribution < -0.4 is 4.74 Å². The standard InChI is InChI=1S/C20H26N2O3/c1-25-17-7-5-14(6-8-17)10-20(24)21-11-15-9-16(13-21)18-3-2-4-19(23)22(18)12-15/h5-8,15-16,18H,2-4,9-13H2,1H3. The van der Waals surface area contributed by atoms with Crippen molar-refractivity contribution in [2.24, 2.45) is 11.8 Å². The predicted molar refractivity (Wildman–Crippen MR) is 94.2 cm³/mol. The number of methoxy groups -OCH3 is 1. The summed E-state index contributed by atoms with van der Waals surface area (Å²) in [5, 5.41) is 0. The SMILES string of the molecule is COc1ccc(CC(=O)N2CC3CC(C2)C2CCCC(=O)N2C3)cc1. The van der Waals surface area contributed by atoms with Crippen molar-refractivity contribution in [1.29, 1.82) is 0 Å². The van der Waals surface area contributed by atoms with Crippen LogP contribution in [0.2, 0.25) is 0 Å². The fourth-order valence-corrected chi connectivity index (χ4v) is 4.84. The first-order valence-corrected chi connectivity index (χ1v) is 9.34. The molecule has 3 atom stereocenters. The lowest BCUT2D eigenvalue weighted by Crippen LogP contribution is -2.61. The molecule has 1 aromatic rings. The molecule has 0 radical (unpaired) electrons. The molecule has 3 unspecified atom stereocenters. The van der Waals surface area contributed by atoms with Gasteiger partial charge in [0.1, 0.15) is 5.75 Å². The minimum absolute atomic E-state index is 0.204. The molecule has 25 heavy (non-hydrogen) atoms. The Morgan fingerprint density at radius 1 is 1.20 bits per heavy atom. The highest BCUT2D eigenvalue weighted by Gasteiger charge is 2.44. The second-order valence-electron chi connectivity index (χ2n) is 7.69. The number of carbonyl (C=O) groups excluding carboxylic acids is 2. The Morgan fingerprint density at radius 2 is 2.00 bits per heavy atom. The van der Waals surface area contributed by atoms with Crippen LogP contribution in [0.25, 0.3) is 0 Å². The third kappa shape index (κ3) is 3.24. The number of hydrogen-bond acceptors (Lipinski definition) is 3. The fourth-order valence-electron chi connectivity index (χ4n) is 4.84. The van der Waals surface area contributed by atoms with E-state index in [9.17, 15) is 9.59 Å². The highest BCUT2D eigenvalue weighted by Crippen LogP contribution is 2.38. The lowest BCUT2D eigenvalue weighted by atomic mass is 9.76. The zero-order valence-electron chi connectivity index (χ0n) is 14.8. The summed E-state index contributed by atoms with van der Waals surface area (Å²) < 4.78 is 5.17. The molecule has 1 aromatic carbocycles. The van der Waals surface area contributed by atoms with Crippen molar-refractivity contribution in [3.05, 3.63) is 29.8 Å². The molecule has 5 heteroatoms. The van der Waals surface area contributed by atoms with Crippen LogP contribution in [0.4, 0.5) is 0 Å². The first kappa shape index (κ1) is 16.4. The van der Waals surface area contributed by atoms with Crippen LogP contribution in [-0.2, 0) is 16.0 Å². The lowest BCUT2D eigenvalue weighted by molar-refractivity contribution is -0.148. The van der Waals surface area contributed by atoms with E-state index < -0.39 is 0 Å². The number of fused-ring (bicyclic) bond motifs is 4. The van der Waals surface area contributed by atoms with Gasteiger partial charge in [-0.3, -0.25) is 9.59 Å². The molecule has 0 spiro atoms. The Hall–Kier alpha value is -2.04. The number of ether oxygens (including phenoxy) is 1. The summed E-state index contributed by atoms with van der Waals surface area (Å²) in [6.07, 6.45) is 4.41.